The molecule has 0 aliphatic heterocycles. The van der Waals surface area contributed by atoms with E-state index in [1.54, 1.807) is 7.11 Å². The van der Waals surface area contributed by atoms with Gasteiger partial charge in [0.05, 0.1) is 11.7 Å². The number of aliphatic hydroxyl groups is 1. The summed E-state index contributed by atoms with van der Waals surface area (Å²) in [5, 5.41) is 10.5. The first-order chi connectivity index (χ1) is 9.14. The molecule has 0 spiro atoms. The second kappa shape index (κ2) is 6.06. The van der Waals surface area contributed by atoms with E-state index >= 15 is 0 Å². The van der Waals surface area contributed by atoms with Crippen molar-refractivity contribution in [1.82, 2.24) is 0 Å². The van der Waals surface area contributed by atoms with Crippen LogP contribution in [-0.4, -0.2) is 17.8 Å². The van der Waals surface area contributed by atoms with Gasteiger partial charge in [-0.2, -0.15) is 0 Å². The largest absolute Gasteiger partial charge is 0.388 e. The van der Waals surface area contributed by atoms with Gasteiger partial charge in [-0.25, -0.2) is 0 Å². The number of hydrogen-bond acceptors (Lipinski definition) is 2. The van der Waals surface area contributed by atoms with Crippen LogP contribution < -0.4 is 0 Å². The number of methoxy groups -OCH3 is 1. The number of aliphatic hydroxyl groups excluding tert-OH is 1. The Morgan fingerprint density at radius 1 is 1.21 bits per heavy atom. The molecule has 1 atom stereocenters. The quantitative estimate of drug-likeness (QED) is 0.845. The van der Waals surface area contributed by atoms with E-state index in [1.165, 1.54) is 17.5 Å². The highest BCUT2D eigenvalue weighted by molar-refractivity contribution is 5.33. The second-order valence-electron chi connectivity index (χ2n) is 5.70. The van der Waals surface area contributed by atoms with Gasteiger partial charge in [-0.15, -0.1) is 0 Å². The zero-order chi connectivity index (χ0) is 13.9. The van der Waals surface area contributed by atoms with Crippen molar-refractivity contribution in [2.45, 2.75) is 64.1 Å². The third-order valence-electron chi connectivity index (χ3n) is 4.64. The smallest absolute Gasteiger partial charge is 0.0817 e. The summed E-state index contributed by atoms with van der Waals surface area (Å²) in [5.41, 5.74) is 3.72. The summed E-state index contributed by atoms with van der Waals surface area (Å²) in [7, 11) is 1.77. The summed E-state index contributed by atoms with van der Waals surface area (Å²) in [6, 6.07) is 6.41. The first kappa shape index (κ1) is 14.5. The second-order valence-corrected chi connectivity index (χ2v) is 5.70. The Kier molecular flexibility index (Phi) is 4.64. The Labute approximate surface area is 116 Å². The molecule has 2 nitrogen and oxygen atoms in total. The highest BCUT2D eigenvalue weighted by Gasteiger charge is 2.39. The molecule has 0 aromatic heterocycles. The van der Waals surface area contributed by atoms with E-state index in [1.807, 2.05) is 0 Å². The molecule has 106 valence electrons. The van der Waals surface area contributed by atoms with Crippen molar-refractivity contribution in [3.05, 3.63) is 34.9 Å². The SMILES string of the molecule is CCc1ccc(C(O)CC2(OC)CCC2)cc1CC. The molecule has 0 heterocycles. The maximum Gasteiger partial charge on any atom is 0.0817 e. The molecule has 0 saturated heterocycles. The average Bonchev–Trinajstić information content (AvgIpc) is 2.41. The highest BCUT2D eigenvalue weighted by atomic mass is 16.5. The van der Waals surface area contributed by atoms with Crippen LogP contribution in [0.5, 0.6) is 0 Å². The predicted octanol–water partition coefficient (Wildman–Crippen LogP) is 3.80. The lowest BCUT2D eigenvalue weighted by atomic mass is 9.75. The normalized spacial score (nSPS) is 18.9. The summed E-state index contributed by atoms with van der Waals surface area (Å²) in [5.74, 6) is 0. The van der Waals surface area contributed by atoms with Crippen LogP contribution in [0.2, 0.25) is 0 Å². The van der Waals surface area contributed by atoms with Crippen LogP contribution in [0.15, 0.2) is 18.2 Å². The van der Waals surface area contributed by atoms with Crippen molar-refractivity contribution < 1.29 is 9.84 Å². The van der Waals surface area contributed by atoms with E-state index < -0.39 is 6.10 Å². The molecule has 2 rings (SSSR count). The molecule has 19 heavy (non-hydrogen) atoms. The molecular formula is C17H26O2. The minimum absolute atomic E-state index is 0.0742. The van der Waals surface area contributed by atoms with E-state index in [9.17, 15) is 5.11 Å². The molecule has 1 saturated carbocycles. The lowest BCUT2D eigenvalue weighted by Gasteiger charge is -2.42. The summed E-state index contributed by atoms with van der Waals surface area (Å²) in [4.78, 5) is 0. The van der Waals surface area contributed by atoms with Crippen molar-refractivity contribution in [2.24, 2.45) is 0 Å². The van der Waals surface area contributed by atoms with Crippen molar-refractivity contribution in [3.8, 4) is 0 Å². The van der Waals surface area contributed by atoms with Crippen molar-refractivity contribution in [1.29, 1.82) is 0 Å². The summed E-state index contributed by atoms with van der Waals surface area (Å²) in [6.45, 7) is 4.35. The third-order valence-corrected chi connectivity index (χ3v) is 4.64. The van der Waals surface area contributed by atoms with Gasteiger partial charge in [-0.3, -0.25) is 0 Å². The molecule has 1 aliphatic carbocycles. The number of benzene rings is 1. The van der Waals surface area contributed by atoms with Gasteiger partial charge in [0, 0.05) is 13.5 Å². The van der Waals surface area contributed by atoms with Crippen LogP contribution in [0, 0.1) is 0 Å². The standard InChI is InChI=1S/C17H26O2/c1-4-13-7-8-15(11-14(13)5-2)16(18)12-17(19-3)9-6-10-17/h7-8,11,16,18H,4-6,9-10,12H2,1-3H3. The zero-order valence-electron chi connectivity index (χ0n) is 12.4. The van der Waals surface area contributed by atoms with Gasteiger partial charge < -0.3 is 9.84 Å². The summed E-state index contributed by atoms with van der Waals surface area (Å²) in [6.07, 6.45) is 5.77. The fourth-order valence-electron chi connectivity index (χ4n) is 3.06. The highest BCUT2D eigenvalue weighted by Crippen LogP contribution is 2.42. The Morgan fingerprint density at radius 3 is 2.37 bits per heavy atom. The zero-order valence-corrected chi connectivity index (χ0v) is 12.4. The topological polar surface area (TPSA) is 29.5 Å². The van der Waals surface area contributed by atoms with E-state index in [2.05, 4.69) is 32.0 Å². The van der Waals surface area contributed by atoms with E-state index in [0.717, 1.165) is 37.7 Å². The van der Waals surface area contributed by atoms with Gasteiger partial charge in [0.2, 0.25) is 0 Å². The maximum atomic E-state index is 10.5. The average molecular weight is 262 g/mol. The molecule has 1 N–H and O–H groups in total. The van der Waals surface area contributed by atoms with Crippen molar-refractivity contribution in [2.75, 3.05) is 7.11 Å². The lowest BCUT2D eigenvalue weighted by Crippen LogP contribution is -2.40. The van der Waals surface area contributed by atoms with Crippen molar-refractivity contribution in [3.63, 3.8) is 0 Å². The summed E-state index contributed by atoms with van der Waals surface area (Å²) >= 11 is 0. The van der Waals surface area contributed by atoms with Crippen LogP contribution in [0.25, 0.3) is 0 Å². The van der Waals surface area contributed by atoms with Gasteiger partial charge in [0.1, 0.15) is 0 Å². The Hall–Kier alpha value is -0.860. The van der Waals surface area contributed by atoms with Crippen LogP contribution in [0.4, 0.5) is 0 Å². The fourth-order valence-corrected chi connectivity index (χ4v) is 3.06. The maximum absolute atomic E-state index is 10.5. The minimum atomic E-state index is -0.406. The minimum Gasteiger partial charge on any atom is -0.388 e. The Morgan fingerprint density at radius 2 is 1.89 bits per heavy atom. The van der Waals surface area contributed by atoms with Crippen molar-refractivity contribution >= 4 is 0 Å². The third kappa shape index (κ3) is 3.01. The van der Waals surface area contributed by atoms with Gasteiger partial charge in [0.15, 0.2) is 0 Å². The van der Waals surface area contributed by atoms with E-state index in [0.29, 0.717) is 0 Å². The number of rotatable bonds is 6. The summed E-state index contributed by atoms with van der Waals surface area (Å²) < 4.78 is 5.61. The number of aryl methyl sites for hydroxylation is 2. The molecule has 1 aromatic rings. The van der Waals surface area contributed by atoms with Gasteiger partial charge in [-0.1, -0.05) is 32.0 Å². The molecule has 0 amide bonds. The molecule has 1 fully saturated rings. The monoisotopic (exact) mass is 262 g/mol. The molecular weight excluding hydrogens is 236 g/mol. The van der Waals surface area contributed by atoms with Crippen LogP contribution >= 0.6 is 0 Å². The number of ether oxygens (including phenoxy) is 1. The van der Waals surface area contributed by atoms with Gasteiger partial charge in [0.25, 0.3) is 0 Å². The molecule has 2 heteroatoms. The predicted molar refractivity (Wildman–Crippen MR) is 78.4 cm³/mol. The Bertz CT molecular complexity index is 416. The first-order valence-electron chi connectivity index (χ1n) is 7.49. The van der Waals surface area contributed by atoms with E-state index in [-0.39, 0.29) is 5.60 Å². The Balaban J connectivity index is 2.12. The fraction of sp³-hybridized carbons (Fsp3) is 0.647. The van der Waals surface area contributed by atoms with Gasteiger partial charge in [-0.05, 0) is 48.8 Å². The van der Waals surface area contributed by atoms with E-state index in [4.69, 9.17) is 4.74 Å². The molecule has 1 aliphatic rings. The first-order valence-corrected chi connectivity index (χ1v) is 7.49. The molecule has 1 unspecified atom stereocenters. The number of hydrogen-bond donors (Lipinski definition) is 1. The molecule has 0 radical (unpaired) electrons. The molecule has 0 bridgehead atoms. The van der Waals surface area contributed by atoms with Crippen LogP contribution in [-0.2, 0) is 17.6 Å². The van der Waals surface area contributed by atoms with Crippen LogP contribution in [0.3, 0.4) is 0 Å². The van der Waals surface area contributed by atoms with Crippen LogP contribution in [0.1, 0.15) is 62.3 Å². The van der Waals surface area contributed by atoms with Gasteiger partial charge >= 0.3 is 0 Å². The molecule has 1 aromatic carbocycles. The lowest BCUT2D eigenvalue weighted by molar-refractivity contribution is -0.0999.